The monoisotopic (exact) mass is 530 g/mol. The molecule has 36 heavy (non-hydrogen) atoms. The van der Waals surface area contributed by atoms with Crippen molar-refractivity contribution in [2.75, 3.05) is 0 Å². The molecule has 2 aromatic rings. The van der Waals surface area contributed by atoms with Gasteiger partial charge >= 0.3 is 11.9 Å². The van der Waals surface area contributed by atoms with Gasteiger partial charge in [0.05, 0.1) is 11.8 Å². The fourth-order valence-electron chi connectivity index (χ4n) is 4.51. The van der Waals surface area contributed by atoms with Gasteiger partial charge in [-0.15, -0.1) is 0 Å². The van der Waals surface area contributed by atoms with Crippen molar-refractivity contribution in [3.05, 3.63) is 71.8 Å². The van der Waals surface area contributed by atoms with Crippen LogP contribution in [0.5, 0.6) is 0 Å². The van der Waals surface area contributed by atoms with Crippen molar-refractivity contribution >= 4 is 33.5 Å². The zero-order valence-corrected chi connectivity index (χ0v) is 23.6. The maximum absolute atomic E-state index is 12.1. The van der Waals surface area contributed by atoms with E-state index in [0.29, 0.717) is 12.8 Å². The zero-order valence-electron chi connectivity index (χ0n) is 22.0. The summed E-state index contributed by atoms with van der Waals surface area (Å²) in [7, 11) is 3.50. The van der Waals surface area contributed by atoms with Crippen LogP contribution < -0.4 is 0 Å². The second-order valence-electron chi connectivity index (χ2n) is 9.95. The molecule has 2 rings (SSSR count). The van der Waals surface area contributed by atoms with E-state index in [4.69, 9.17) is 0 Å². The van der Waals surface area contributed by atoms with Crippen LogP contribution in [0, 0.1) is 23.7 Å². The summed E-state index contributed by atoms with van der Waals surface area (Å²) in [5.74, 6) is -2.03. The topological polar surface area (TPSA) is 74.6 Å². The van der Waals surface area contributed by atoms with E-state index in [9.17, 15) is 19.8 Å². The van der Waals surface area contributed by atoms with Crippen molar-refractivity contribution in [3.8, 4) is 0 Å². The maximum Gasteiger partial charge on any atom is 0.306 e. The molecule has 0 radical (unpaired) electrons. The molecule has 2 N–H and O–H groups in total. The molecule has 6 unspecified atom stereocenters. The van der Waals surface area contributed by atoms with Crippen LogP contribution in [-0.4, -0.2) is 32.7 Å². The number of hydrogen-bond donors (Lipinski definition) is 2. The summed E-state index contributed by atoms with van der Waals surface area (Å²) in [6, 6.07) is 20.5. The van der Waals surface area contributed by atoms with Crippen LogP contribution in [0.15, 0.2) is 60.7 Å². The first kappa shape index (κ1) is 30.3. The highest BCUT2D eigenvalue weighted by Gasteiger charge is 2.31. The predicted octanol–water partition coefficient (Wildman–Crippen LogP) is 7.86. The lowest BCUT2D eigenvalue weighted by Crippen LogP contribution is -2.27. The molecule has 0 saturated carbocycles. The lowest BCUT2D eigenvalue weighted by Gasteiger charge is -2.28. The second-order valence-corrected chi connectivity index (χ2v) is 12.8. The summed E-state index contributed by atoms with van der Waals surface area (Å²) in [6.45, 7) is 8.15. The van der Waals surface area contributed by atoms with Gasteiger partial charge in [0.15, 0.2) is 0 Å². The molecular formula is C30H42O4S2. The Bertz CT molecular complexity index is 830. The lowest BCUT2D eigenvalue weighted by atomic mass is 9.87. The van der Waals surface area contributed by atoms with Crippen LogP contribution in [0.25, 0.3) is 0 Å². The van der Waals surface area contributed by atoms with E-state index in [1.165, 1.54) is 11.1 Å². The number of carbonyl (C=O) groups is 2. The average molecular weight is 531 g/mol. The van der Waals surface area contributed by atoms with Crippen LogP contribution in [0.4, 0.5) is 0 Å². The van der Waals surface area contributed by atoms with Crippen LogP contribution >= 0.6 is 21.6 Å². The Morgan fingerprint density at radius 1 is 0.667 bits per heavy atom. The van der Waals surface area contributed by atoms with Crippen molar-refractivity contribution in [1.82, 2.24) is 0 Å². The van der Waals surface area contributed by atoms with E-state index >= 15 is 0 Å². The number of benzene rings is 2. The number of hydrogen-bond acceptors (Lipinski definition) is 4. The summed E-state index contributed by atoms with van der Waals surface area (Å²) in [5, 5.41) is 20.1. The predicted molar refractivity (Wildman–Crippen MR) is 153 cm³/mol. The normalized spacial score (nSPS) is 16.4. The van der Waals surface area contributed by atoms with Crippen molar-refractivity contribution < 1.29 is 19.8 Å². The van der Waals surface area contributed by atoms with Gasteiger partial charge in [-0.2, -0.15) is 0 Å². The summed E-state index contributed by atoms with van der Waals surface area (Å²) in [5.41, 5.74) is 2.40. The quantitative estimate of drug-likeness (QED) is 0.203. The minimum Gasteiger partial charge on any atom is -0.481 e. The zero-order chi connectivity index (χ0) is 26.5. The van der Waals surface area contributed by atoms with Crippen molar-refractivity contribution in [1.29, 1.82) is 0 Å². The fourth-order valence-corrected chi connectivity index (χ4v) is 7.74. The Kier molecular flexibility index (Phi) is 13.5. The van der Waals surface area contributed by atoms with Gasteiger partial charge in [-0.25, -0.2) is 0 Å². The number of carboxylic acid groups (broad SMARTS) is 2. The van der Waals surface area contributed by atoms with Crippen molar-refractivity contribution in [2.45, 2.75) is 76.7 Å². The third kappa shape index (κ3) is 10.2. The van der Waals surface area contributed by atoms with Gasteiger partial charge in [-0.1, -0.05) is 123 Å². The summed E-state index contributed by atoms with van der Waals surface area (Å²) in [6.07, 6.45) is 4.46. The van der Waals surface area contributed by atoms with Gasteiger partial charge in [0.25, 0.3) is 0 Å². The molecule has 0 bridgehead atoms. The molecule has 0 aromatic heterocycles. The molecule has 6 atom stereocenters. The minimum atomic E-state index is -0.725. The molecule has 0 aliphatic heterocycles. The molecule has 0 amide bonds. The molecule has 0 aliphatic rings. The number of rotatable bonds is 17. The highest BCUT2D eigenvalue weighted by molar-refractivity contribution is 8.77. The van der Waals surface area contributed by atoms with E-state index in [2.05, 4.69) is 24.3 Å². The Balaban J connectivity index is 2.24. The molecule has 4 nitrogen and oxygen atoms in total. The standard InChI is InChI=1S/C30H42O4S2/c1-5-21(3)27(29(31)32)19-25(17-23-13-9-7-10-14-23)35-36-26(18-24-15-11-8-12-16-24)20-28(30(33)34)22(4)6-2/h7-16,21-22,25-28H,5-6,17-20H2,1-4H3,(H,31,32)(H,33,34). The largest absolute Gasteiger partial charge is 0.481 e. The molecule has 0 heterocycles. The highest BCUT2D eigenvalue weighted by Crippen LogP contribution is 2.41. The van der Waals surface area contributed by atoms with Gasteiger partial charge in [0.1, 0.15) is 0 Å². The van der Waals surface area contributed by atoms with Crippen molar-refractivity contribution in [2.24, 2.45) is 23.7 Å². The summed E-state index contributed by atoms with van der Waals surface area (Å²) >= 11 is 0. The van der Waals surface area contributed by atoms with Gasteiger partial charge in [-0.3, -0.25) is 9.59 Å². The lowest BCUT2D eigenvalue weighted by molar-refractivity contribution is -0.144. The average Bonchev–Trinajstić information content (AvgIpc) is 2.88. The number of aliphatic carboxylic acids is 2. The molecule has 2 aromatic carbocycles. The molecule has 0 saturated heterocycles. The minimum absolute atomic E-state index is 0.105. The van der Waals surface area contributed by atoms with E-state index < -0.39 is 23.8 Å². The summed E-state index contributed by atoms with van der Waals surface area (Å²) < 4.78 is 0. The van der Waals surface area contributed by atoms with Gasteiger partial charge < -0.3 is 10.2 Å². The first-order chi connectivity index (χ1) is 17.2. The van der Waals surface area contributed by atoms with E-state index in [1.54, 1.807) is 21.6 Å². The van der Waals surface area contributed by atoms with Crippen molar-refractivity contribution in [3.63, 3.8) is 0 Å². The van der Waals surface area contributed by atoms with Gasteiger partial charge in [0, 0.05) is 10.5 Å². The first-order valence-corrected chi connectivity index (χ1v) is 15.4. The van der Waals surface area contributed by atoms with Crippen LogP contribution in [0.3, 0.4) is 0 Å². The molecule has 0 spiro atoms. The number of carboxylic acids is 2. The molecule has 6 heteroatoms. The van der Waals surface area contributed by atoms with Gasteiger partial charge in [-0.05, 0) is 48.6 Å². The SMILES string of the molecule is CCC(C)C(CC(Cc1ccccc1)SSC(Cc1ccccc1)CC(C(=O)O)C(C)CC)C(=O)O. The Morgan fingerprint density at radius 3 is 1.28 bits per heavy atom. The van der Waals surface area contributed by atoms with E-state index in [0.717, 1.165) is 25.7 Å². The third-order valence-corrected chi connectivity index (χ3v) is 10.6. The molecule has 198 valence electrons. The van der Waals surface area contributed by atoms with E-state index in [1.807, 2.05) is 64.1 Å². The molecule has 0 fully saturated rings. The maximum atomic E-state index is 12.1. The van der Waals surface area contributed by atoms with Crippen LogP contribution in [0.2, 0.25) is 0 Å². The first-order valence-electron chi connectivity index (χ1n) is 13.1. The second kappa shape index (κ2) is 16.0. The van der Waals surface area contributed by atoms with Gasteiger partial charge in [0.2, 0.25) is 0 Å². The van der Waals surface area contributed by atoms with E-state index in [-0.39, 0.29) is 22.3 Å². The Labute approximate surface area is 225 Å². The molecule has 0 aliphatic carbocycles. The summed E-state index contributed by atoms with van der Waals surface area (Å²) in [4.78, 5) is 24.2. The highest BCUT2D eigenvalue weighted by atomic mass is 33.1. The Morgan fingerprint density at radius 2 is 1.00 bits per heavy atom. The van der Waals surface area contributed by atoms with Crippen LogP contribution in [0.1, 0.15) is 64.5 Å². The third-order valence-electron chi connectivity index (χ3n) is 7.27. The smallest absolute Gasteiger partial charge is 0.306 e. The Hall–Kier alpha value is -1.92. The fraction of sp³-hybridized carbons (Fsp3) is 0.533. The van der Waals surface area contributed by atoms with Crippen LogP contribution in [-0.2, 0) is 22.4 Å². The molecular weight excluding hydrogens is 488 g/mol.